The maximum Gasteiger partial charge on any atom is 0.319 e. The summed E-state index contributed by atoms with van der Waals surface area (Å²) in [4.78, 5) is 10.7. The van der Waals surface area contributed by atoms with Gasteiger partial charge in [-0.15, -0.1) is 0 Å². The monoisotopic (exact) mass is 288 g/mol. The van der Waals surface area contributed by atoms with Crippen molar-refractivity contribution in [1.29, 1.82) is 0 Å². The predicted octanol–water partition coefficient (Wildman–Crippen LogP) is 2.64. The van der Waals surface area contributed by atoms with Gasteiger partial charge < -0.3 is 15.2 Å². The van der Waals surface area contributed by atoms with E-state index in [0.29, 0.717) is 17.9 Å². The highest BCUT2D eigenvalue weighted by molar-refractivity contribution is 5.60. The minimum Gasteiger partial charge on any atom is -0.488 e. The largest absolute Gasteiger partial charge is 0.488 e. The number of nitrogens with two attached hydrogens (primary N) is 1. The van der Waals surface area contributed by atoms with Gasteiger partial charge in [-0.05, 0) is 17.7 Å². The molecule has 2 N–H and O–H groups in total. The predicted molar refractivity (Wildman–Crippen MR) is 78.3 cm³/mol. The summed E-state index contributed by atoms with van der Waals surface area (Å²) in [5.74, 6) is 0.420. The lowest BCUT2D eigenvalue weighted by atomic mass is 10.1. The molecule has 0 atom stereocenters. The highest BCUT2D eigenvalue weighted by atomic mass is 16.6. The first kappa shape index (κ1) is 14.8. The van der Waals surface area contributed by atoms with Crippen molar-refractivity contribution in [2.24, 2.45) is 5.73 Å². The van der Waals surface area contributed by atoms with Crippen molar-refractivity contribution >= 4 is 5.69 Å². The molecule has 0 radical (unpaired) electrons. The standard InChI is InChI=1S/C15H16N2O4/c1-20-15-13(21-10-11-5-3-2-4-6-11)8-7-12(9-16)14(15)17(18)19/h2-8H,9-10,16H2,1H3. The number of methoxy groups -OCH3 is 1. The third-order valence-electron chi connectivity index (χ3n) is 3.02. The Labute approximate surface area is 122 Å². The van der Waals surface area contributed by atoms with Crippen LogP contribution in [-0.4, -0.2) is 12.0 Å². The second kappa shape index (κ2) is 6.71. The van der Waals surface area contributed by atoms with Gasteiger partial charge in [0.15, 0.2) is 5.75 Å². The van der Waals surface area contributed by atoms with Crippen LogP contribution in [0.4, 0.5) is 5.69 Å². The van der Waals surface area contributed by atoms with Crippen LogP contribution < -0.4 is 15.2 Å². The molecule has 6 heteroatoms. The number of nitrogens with zero attached hydrogens (tertiary/aromatic N) is 1. The number of benzene rings is 2. The van der Waals surface area contributed by atoms with Crippen LogP contribution in [0.5, 0.6) is 11.5 Å². The number of nitro groups is 1. The minimum atomic E-state index is -0.504. The fourth-order valence-corrected chi connectivity index (χ4v) is 2.00. The van der Waals surface area contributed by atoms with Crippen LogP contribution in [0.2, 0.25) is 0 Å². The Balaban J connectivity index is 2.31. The molecular formula is C15H16N2O4. The van der Waals surface area contributed by atoms with Crippen molar-refractivity contribution in [1.82, 2.24) is 0 Å². The average molecular weight is 288 g/mol. The van der Waals surface area contributed by atoms with Gasteiger partial charge in [0.05, 0.1) is 12.0 Å². The Bertz CT molecular complexity index is 629. The summed E-state index contributed by atoms with van der Waals surface area (Å²) in [6.45, 7) is 0.363. The fraction of sp³-hybridized carbons (Fsp3) is 0.200. The van der Waals surface area contributed by atoms with Gasteiger partial charge in [0.1, 0.15) is 6.61 Å². The van der Waals surface area contributed by atoms with E-state index in [-0.39, 0.29) is 18.0 Å². The molecule has 0 aliphatic rings. The van der Waals surface area contributed by atoms with Crippen molar-refractivity contribution in [2.45, 2.75) is 13.2 Å². The van der Waals surface area contributed by atoms with Gasteiger partial charge in [-0.3, -0.25) is 10.1 Å². The van der Waals surface area contributed by atoms with Crippen LogP contribution in [0.25, 0.3) is 0 Å². The highest BCUT2D eigenvalue weighted by Gasteiger charge is 2.24. The van der Waals surface area contributed by atoms with Crippen LogP contribution in [0.1, 0.15) is 11.1 Å². The smallest absolute Gasteiger partial charge is 0.319 e. The molecule has 0 unspecified atom stereocenters. The van der Waals surface area contributed by atoms with Crippen molar-refractivity contribution in [3.05, 3.63) is 63.7 Å². The normalized spacial score (nSPS) is 10.2. The van der Waals surface area contributed by atoms with E-state index < -0.39 is 4.92 Å². The summed E-state index contributed by atoms with van der Waals surface area (Å²) >= 11 is 0. The third kappa shape index (κ3) is 3.29. The van der Waals surface area contributed by atoms with Gasteiger partial charge in [-0.25, -0.2) is 0 Å². The van der Waals surface area contributed by atoms with Crippen LogP contribution in [0, 0.1) is 10.1 Å². The average Bonchev–Trinajstić information content (AvgIpc) is 2.52. The first-order chi connectivity index (χ1) is 10.2. The van der Waals surface area contributed by atoms with E-state index in [2.05, 4.69) is 0 Å². The molecule has 6 nitrogen and oxygen atoms in total. The molecule has 0 spiro atoms. The molecule has 21 heavy (non-hydrogen) atoms. The van der Waals surface area contributed by atoms with Gasteiger partial charge in [-0.1, -0.05) is 30.3 Å². The molecule has 0 bridgehead atoms. The van der Waals surface area contributed by atoms with Crippen LogP contribution in [0.15, 0.2) is 42.5 Å². The molecule has 2 aromatic rings. The molecule has 2 aromatic carbocycles. The molecule has 0 heterocycles. The lowest BCUT2D eigenvalue weighted by Gasteiger charge is -2.12. The fourth-order valence-electron chi connectivity index (χ4n) is 2.00. The number of rotatable bonds is 6. The Hall–Kier alpha value is -2.60. The first-order valence-corrected chi connectivity index (χ1v) is 6.38. The second-order valence-corrected chi connectivity index (χ2v) is 4.34. The SMILES string of the molecule is COc1c(OCc2ccccc2)ccc(CN)c1[N+](=O)[O-]. The van der Waals surface area contributed by atoms with Crippen LogP contribution in [-0.2, 0) is 13.2 Å². The molecular weight excluding hydrogens is 272 g/mol. The molecule has 0 aliphatic carbocycles. The zero-order valence-corrected chi connectivity index (χ0v) is 11.6. The Morgan fingerprint density at radius 2 is 1.90 bits per heavy atom. The Morgan fingerprint density at radius 3 is 2.48 bits per heavy atom. The van der Waals surface area contributed by atoms with Crippen molar-refractivity contribution in [3.8, 4) is 11.5 Å². The van der Waals surface area contributed by atoms with E-state index in [4.69, 9.17) is 15.2 Å². The summed E-state index contributed by atoms with van der Waals surface area (Å²) in [6, 6.07) is 12.7. The lowest BCUT2D eigenvalue weighted by Crippen LogP contribution is -2.06. The van der Waals surface area contributed by atoms with E-state index in [1.165, 1.54) is 7.11 Å². The summed E-state index contributed by atoms with van der Waals surface area (Å²) in [5.41, 5.74) is 6.75. The van der Waals surface area contributed by atoms with Gasteiger partial charge >= 0.3 is 5.69 Å². The maximum atomic E-state index is 11.2. The van der Waals surface area contributed by atoms with Crippen molar-refractivity contribution in [2.75, 3.05) is 7.11 Å². The lowest BCUT2D eigenvalue weighted by molar-refractivity contribution is -0.386. The molecule has 2 rings (SSSR count). The third-order valence-corrected chi connectivity index (χ3v) is 3.02. The number of nitro benzene ring substituents is 1. The summed E-state index contributed by atoms with van der Waals surface area (Å²) in [6.07, 6.45) is 0. The first-order valence-electron chi connectivity index (χ1n) is 6.38. The van der Waals surface area contributed by atoms with Gasteiger partial charge in [-0.2, -0.15) is 0 Å². The molecule has 0 fully saturated rings. The molecule has 0 aromatic heterocycles. The summed E-state index contributed by atoms with van der Waals surface area (Å²) < 4.78 is 10.8. The Kier molecular flexibility index (Phi) is 4.73. The van der Waals surface area contributed by atoms with Crippen LogP contribution in [0.3, 0.4) is 0 Å². The van der Waals surface area contributed by atoms with Crippen molar-refractivity contribution in [3.63, 3.8) is 0 Å². The minimum absolute atomic E-state index is 0.0611. The van der Waals surface area contributed by atoms with E-state index in [1.54, 1.807) is 12.1 Å². The molecule has 0 aliphatic heterocycles. The number of hydrogen-bond donors (Lipinski definition) is 1. The van der Waals surface area contributed by atoms with Crippen LogP contribution >= 0.6 is 0 Å². The van der Waals surface area contributed by atoms with Gasteiger partial charge in [0.25, 0.3) is 0 Å². The van der Waals surface area contributed by atoms with E-state index in [9.17, 15) is 10.1 Å². The van der Waals surface area contributed by atoms with Gasteiger partial charge in [0, 0.05) is 12.1 Å². The Morgan fingerprint density at radius 1 is 1.19 bits per heavy atom. The van der Waals surface area contributed by atoms with E-state index in [1.807, 2.05) is 30.3 Å². The number of ether oxygens (including phenoxy) is 2. The zero-order valence-electron chi connectivity index (χ0n) is 11.6. The molecule has 0 saturated carbocycles. The van der Waals surface area contributed by atoms with Crippen molar-refractivity contribution < 1.29 is 14.4 Å². The molecule has 0 saturated heterocycles. The maximum absolute atomic E-state index is 11.2. The second-order valence-electron chi connectivity index (χ2n) is 4.34. The molecule has 0 amide bonds. The van der Waals surface area contributed by atoms with Gasteiger partial charge in [0.2, 0.25) is 5.75 Å². The summed E-state index contributed by atoms with van der Waals surface area (Å²) in [5, 5.41) is 11.2. The molecule has 110 valence electrons. The quantitative estimate of drug-likeness (QED) is 0.652. The topological polar surface area (TPSA) is 87.6 Å². The highest BCUT2D eigenvalue weighted by Crippen LogP contribution is 2.39. The zero-order chi connectivity index (χ0) is 15.2. The number of hydrogen-bond acceptors (Lipinski definition) is 5. The van der Waals surface area contributed by atoms with E-state index in [0.717, 1.165) is 5.56 Å². The van der Waals surface area contributed by atoms with E-state index >= 15 is 0 Å². The summed E-state index contributed by atoms with van der Waals surface area (Å²) in [7, 11) is 1.37.